The maximum absolute atomic E-state index is 9.41. The number of hydrogen-bond acceptors (Lipinski definition) is 2. The molecular weight excluding hydrogens is 344 g/mol. The molecule has 0 amide bonds. The van der Waals surface area contributed by atoms with E-state index in [9.17, 15) is 5.11 Å². The van der Waals surface area contributed by atoms with Crippen molar-refractivity contribution in [3.05, 3.63) is 26.6 Å². The number of rotatable bonds is 2. The van der Waals surface area contributed by atoms with Gasteiger partial charge in [0.1, 0.15) is 5.75 Å². The molecule has 90 valence electrons. The summed E-state index contributed by atoms with van der Waals surface area (Å²) >= 11 is 6.57. The van der Waals surface area contributed by atoms with Gasteiger partial charge in [-0.05, 0) is 56.0 Å². The molecule has 1 aromatic carbocycles. The van der Waals surface area contributed by atoms with E-state index in [-0.39, 0.29) is 5.75 Å². The first kappa shape index (κ1) is 15.2. The van der Waals surface area contributed by atoms with E-state index in [1.807, 2.05) is 12.1 Å². The SMILES string of the molecule is CCCc1cc(Br)c(O)c(Br)c1.O=C(O)O. The first-order valence-electron chi connectivity index (χ1n) is 4.47. The lowest BCUT2D eigenvalue weighted by Crippen LogP contribution is -1.84. The molecule has 0 saturated carbocycles. The molecule has 0 aliphatic heterocycles. The number of halogens is 2. The molecule has 0 radical (unpaired) electrons. The molecule has 0 heterocycles. The molecular formula is C10H12Br2O4. The summed E-state index contributed by atoms with van der Waals surface area (Å²) in [6, 6.07) is 3.90. The Balaban J connectivity index is 0.000000487. The molecule has 3 N–H and O–H groups in total. The zero-order chi connectivity index (χ0) is 12.7. The molecule has 0 spiro atoms. The van der Waals surface area contributed by atoms with Gasteiger partial charge in [0.05, 0.1) is 8.95 Å². The lowest BCUT2D eigenvalue weighted by molar-refractivity contribution is 0.137. The normalized spacial score (nSPS) is 9.19. The maximum Gasteiger partial charge on any atom is 0.503 e. The van der Waals surface area contributed by atoms with Crippen LogP contribution >= 0.6 is 31.9 Å². The largest absolute Gasteiger partial charge is 0.506 e. The Bertz CT molecular complexity index is 339. The second-order valence-electron chi connectivity index (χ2n) is 2.94. The van der Waals surface area contributed by atoms with Gasteiger partial charge in [-0.25, -0.2) is 4.79 Å². The van der Waals surface area contributed by atoms with Gasteiger partial charge in [0, 0.05) is 0 Å². The minimum absolute atomic E-state index is 0.273. The minimum atomic E-state index is -1.83. The Morgan fingerprint density at radius 2 is 1.62 bits per heavy atom. The Kier molecular flexibility index (Phi) is 7.16. The monoisotopic (exact) mass is 354 g/mol. The first-order valence-corrected chi connectivity index (χ1v) is 6.05. The van der Waals surface area contributed by atoms with Crippen molar-refractivity contribution in [2.75, 3.05) is 0 Å². The van der Waals surface area contributed by atoms with Gasteiger partial charge in [-0.3, -0.25) is 0 Å². The summed E-state index contributed by atoms with van der Waals surface area (Å²) in [5, 5.41) is 23.3. The Hall–Kier alpha value is -0.750. The third-order valence-electron chi connectivity index (χ3n) is 1.62. The third kappa shape index (κ3) is 5.97. The zero-order valence-electron chi connectivity index (χ0n) is 8.57. The Morgan fingerprint density at radius 1 is 1.25 bits per heavy atom. The van der Waals surface area contributed by atoms with Crippen LogP contribution in [0, 0.1) is 0 Å². The number of aryl methyl sites for hydroxylation is 1. The molecule has 1 aromatic rings. The van der Waals surface area contributed by atoms with Gasteiger partial charge in [0.2, 0.25) is 0 Å². The molecule has 4 nitrogen and oxygen atoms in total. The highest BCUT2D eigenvalue weighted by Crippen LogP contribution is 2.33. The number of aromatic hydroxyl groups is 1. The fourth-order valence-corrected chi connectivity index (χ4v) is 2.33. The van der Waals surface area contributed by atoms with E-state index in [0.717, 1.165) is 21.8 Å². The van der Waals surface area contributed by atoms with Crippen molar-refractivity contribution in [1.82, 2.24) is 0 Å². The van der Waals surface area contributed by atoms with Gasteiger partial charge in [-0.1, -0.05) is 13.3 Å². The van der Waals surface area contributed by atoms with Crippen LogP contribution in [-0.2, 0) is 6.42 Å². The summed E-state index contributed by atoms with van der Waals surface area (Å²) in [5.74, 6) is 0.273. The molecule has 0 fully saturated rings. The van der Waals surface area contributed by atoms with Crippen LogP contribution in [-0.4, -0.2) is 21.5 Å². The van der Waals surface area contributed by atoms with Crippen LogP contribution in [0.15, 0.2) is 21.1 Å². The van der Waals surface area contributed by atoms with Gasteiger partial charge < -0.3 is 15.3 Å². The van der Waals surface area contributed by atoms with Gasteiger partial charge >= 0.3 is 6.16 Å². The van der Waals surface area contributed by atoms with Crippen LogP contribution in [0.25, 0.3) is 0 Å². The highest BCUT2D eigenvalue weighted by molar-refractivity contribution is 9.11. The number of phenolic OH excluding ortho intramolecular Hbond substituents is 1. The molecule has 16 heavy (non-hydrogen) atoms. The van der Waals surface area contributed by atoms with E-state index < -0.39 is 6.16 Å². The summed E-state index contributed by atoms with van der Waals surface area (Å²) in [4.78, 5) is 8.56. The molecule has 0 saturated heterocycles. The average molecular weight is 356 g/mol. The average Bonchev–Trinajstić information content (AvgIpc) is 2.13. The van der Waals surface area contributed by atoms with E-state index >= 15 is 0 Å². The summed E-state index contributed by atoms with van der Waals surface area (Å²) in [6.45, 7) is 2.13. The van der Waals surface area contributed by atoms with Crippen molar-refractivity contribution in [1.29, 1.82) is 0 Å². The van der Waals surface area contributed by atoms with Crippen molar-refractivity contribution in [3.8, 4) is 5.75 Å². The number of carboxylic acid groups (broad SMARTS) is 2. The fraction of sp³-hybridized carbons (Fsp3) is 0.300. The Morgan fingerprint density at radius 3 is 1.94 bits per heavy atom. The van der Waals surface area contributed by atoms with Crippen molar-refractivity contribution >= 4 is 38.0 Å². The molecule has 0 aliphatic carbocycles. The van der Waals surface area contributed by atoms with Crippen molar-refractivity contribution in [2.24, 2.45) is 0 Å². The predicted molar refractivity (Wildman–Crippen MR) is 68.2 cm³/mol. The van der Waals surface area contributed by atoms with Gasteiger partial charge in [0.15, 0.2) is 0 Å². The number of carbonyl (C=O) groups is 1. The molecule has 6 heteroatoms. The first-order chi connectivity index (χ1) is 7.38. The molecule has 0 unspecified atom stereocenters. The van der Waals surface area contributed by atoms with Crippen LogP contribution < -0.4 is 0 Å². The van der Waals surface area contributed by atoms with Crippen molar-refractivity contribution in [2.45, 2.75) is 19.8 Å². The smallest absolute Gasteiger partial charge is 0.503 e. The molecule has 1 rings (SSSR count). The highest BCUT2D eigenvalue weighted by atomic mass is 79.9. The minimum Gasteiger partial charge on any atom is -0.506 e. The standard InChI is InChI=1S/C9H10Br2O.CH2O3/c1-2-3-6-4-7(10)9(12)8(11)5-6;2-1(3)4/h4-5,12H,2-3H2,1H3;(H2,2,3,4). The topological polar surface area (TPSA) is 77.8 Å². The Labute approximate surface area is 110 Å². The summed E-state index contributed by atoms with van der Waals surface area (Å²) in [7, 11) is 0. The number of benzene rings is 1. The second-order valence-corrected chi connectivity index (χ2v) is 4.65. The molecule has 0 bridgehead atoms. The lowest BCUT2D eigenvalue weighted by atomic mass is 10.1. The summed E-state index contributed by atoms with van der Waals surface area (Å²) < 4.78 is 1.50. The lowest BCUT2D eigenvalue weighted by Gasteiger charge is -2.04. The molecule has 0 atom stereocenters. The van der Waals surface area contributed by atoms with E-state index in [1.54, 1.807) is 0 Å². The highest BCUT2D eigenvalue weighted by Gasteiger charge is 2.04. The van der Waals surface area contributed by atoms with E-state index in [4.69, 9.17) is 15.0 Å². The van der Waals surface area contributed by atoms with Crippen LogP contribution in [0.4, 0.5) is 4.79 Å². The summed E-state index contributed by atoms with van der Waals surface area (Å²) in [5.41, 5.74) is 1.23. The quantitative estimate of drug-likeness (QED) is 0.746. The third-order valence-corrected chi connectivity index (χ3v) is 2.82. The predicted octanol–water partition coefficient (Wildman–Crippen LogP) is 4.09. The molecule has 0 aromatic heterocycles. The van der Waals surface area contributed by atoms with Gasteiger partial charge in [-0.2, -0.15) is 0 Å². The summed E-state index contributed by atoms with van der Waals surface area (Å²) in [6.07, 6.45) is 0.321. The second kappa shape index (κ2) is 7.51. The van der Waals surface area contributed by atoms with Crippen LogP contribution in [0.2, 0.25) is 0 Å². The van der Waals surface area contributed by atoms with Gasteiger partial charge in [0.25, 0.3) is 0 Å². The zero-order valence-corrected chi connectivity index (χ0v) is 11.7. The van der Waals surface area contributed by atoms with Gasteiger partial charge in [-0.15, -0.1) is 0 Å². The molecule has 0 aliphatic rings. The van der Waals surface area contributed by atoms with Crippen LogP contribution in [0.3, 0.4) is 0 Å². The number of hydrogen-bond donors (Lipinski definition) is 3. The van der Waals surface area contributed by atoms with Crippen LogP contribution in [0.1, 0.15) is 18.9 Å². The van der Waals surface area contributed by atoms with Crippen LogP contribution in [0.5, 0.6) is 5.75 Å². The van der Waals surface area contributed by atoms with E-state index in [0.29, 0.717) is 0 Å². The van der Waals surface area contributed by atoms with E-state index in [2.05, 4.69) is 38.8 Å². The maximum atomic E-state index is 9.41. The van der Waals surface area contributed by atoms with E-state index in [1.165, 1.54) is 5.56 Å². The number of phenols is 1. The van der Waals surface area contributed by atoms with Crippen molar-refractivity contribution in [3.63, 3.8) is 0 Å². The van der Waals surface area contributed by atoms with Crippen molar-refractivity contribution < 1.29 is 20.1 Å². The fourth-order valence-electron chi connectivity index (χ4n) is 1.05.